The van der Waals surface area contributed by atoms with Gasteiger partial charge in [0.05, 0.1) is 0 Å². The summed E-state index contributed by atoms with van der Waals surface area (Å²) >= 11 is 1.56. The number of hydrogen-bond acceptors (Lipinski definition) is 6. The Kier molecular flexibility index (Phi) is 4.44. The zero-order valence-electron chi connectivity index (χ0n) is 15.4. The lowest BCUT2D eigenvalue weighted by Crippen LogP contribution is -2.48. The maximum atomic E-state index is 14.0. The van der Waals surface area contributed by atoms with E-state index in [1.807, 2.05) is 12.1 Å². The molecule has 1 fully saturated rings. The summed E-state index contributed by atoms with van der Waals surface area (Å²) in [4.78, 5) is 26.7. The van der Waals surface area contributed by atoms with Crippen molar-refractivity contribution in [3.8, 4) is 5.69 Å². The van der Waals surface area contributed by atoms with Gasteiger partial charge in [0.25, 0.3) is 5.91 Å². The molecule has 0 atom stereocenters. The average Bonchev–Trinajstić information content (AvgIpc) is 3.41. The molecule has 9 heteroatoms. The van der Waals surface area contributed by atoms with Gasteiger partial charge < -0.3 is 9.80 Å². The van der Waals surface area contributed by atoms with Gasteiger partial charge in [-0.3, -0.25) is 4.79 Å². The van der Waals surface area contributed by atoms with E-state index in [0.29, 0.717) is 37.6 Å². The standard InChI is InChI=1S/C20H17FN6OS/c21-14-4-1-2-6-17(14)27-9-7-16(24-27)19(28)25-10-12-26(13-11-25)20-23-15-5-3-8-22-18(15)29-20/h1-9H,10-13H2. The van der Waals surface area contributed by atoms with Crippen molar-refractivity contribution in [2.75, 3.05) is 31.1 Å². The normalized spacial score (nSPS) is 14.5. The van der Waals surface area contributed by atoms with Crippen LogP contribution < -0.4 is 4.90 Å². The largest absolute Gasteiger partial charge is 0.344 e. The van der Waals surface area contributed by atoms with Crippen molar-refractivity contribution in [2.24, 2.45) is 0 Å². The molecule has 1 aromatic carbocycles. The number of benzene rings is 1. The first-order valence-electron chi connectivity index (χ1n) is 9.25. The Morgan fingerprint density at radius 3 is 2.66 bits per heavy atom. The molecule has 0 N–H and O–H groups in total. The molecule has 146 valence electrons. The van der Waals surface area contributed by atoms with E-state index in [9.17, 15) is 9.18 Å². The highest BCUT2D eigenvalue weighted by Crippen LogP contribution is 2.27. The summed E-state index contributed by atoms with van der Waals surface area (Å²) in [6.45, 7) is 2.54. The number of carbonyl (C=O) groups excluding carboxylic acids is 1. The molecule has 3 aromatic heterocycles. The van der Waals surface area contributed by atoms with Crippen LogP contribution in [0.2, 0.25) is 0 Å². The SMILES string of the molecule is O=C(c1ccn(-c2ccccc2F)n1)N1CCN(c2nc3cccnc3s2)CC1. The van der Waals surface area contributed by atoms with Gasteiger partial charge in [-0.2, -0.15) is 5.10 Å². The molecular formula is C20H17FN6OS. The second kappa shape index (κ2) is 7.25. The minimum atomic E-state index is -0.381. The van der Waals surface area contributed by atoms with Gasteiger partial charge in [-0.25, -0.2) is 19.0 Å². The molecule has 5 rings (SSSR count). The third-order valence-electron chi connectivity index (χ3n) is 4.90. The number of amides is 1. The molecule has 0 saturated carbocycles. The second-order valence-corrected chi connectivity index (χ2v) is 7.66. The first kappa shape index (κ1) is 17.7. The fourth-order valence-electron chi connectivity index (χ4n) is 3.37. The van der Waals surface area contributed by atoms with Gasteiger partial charge >= 0.3 is 0 Å². The third-order valence-corrected chi connectivity index (χ3v) is 5.94. The minimum absolute atomic E-state index is 0.147. The molecule has 1 saturated heterocycles. The highest BCUT2D eigenvalue weighted by molar-refractivity contribution is 7.21. The molecule has 4 aromatic rings. The molecule has 0 spiro atoms. The number of carbonyl (C=O) groups is 1. The van der Waals surface area contributed by atoms with Crippen molar-refractivity contribution in [3.05, 3.63) is 66.4 Å². The lowest BCUT2D eigenvalue weighted by Gasteiger charge is -2.34. The summed E-state index contributed by atoms with van der Waals surface area (Å²) < 4.78 is 15.3. The summed E-state index contributed by atoms with van der Waals surface area (Å²) in [6, 6.07) is 11.8. The molecule has 1 aliphatic rings. The van der Waals surface area contributed by atoms with Gasteiger partial charge in [0.1, 0.15) is 21.9 Å². The van der Waals surface area contributed by atoms with Gasteiger partial charge in [0, 0.05) is 38.6 Å². The second-order valence-electron chi connectivity index (χ2n) is 6.70. The lowest BCUT2D eigenvalue weighted by atomic mass is 10.3. The molecule has 0 bridgehead atoms. The Labute approximate surface area is 170 Å². The molecule has 0 unspecified atom stereocenters. The Balaban J connectivity index is 1.27. The first-order valence-corrected chi connectivity index (χ1v) is 10.1. The smallest absolute Gasteiger partial charge is 0.274 e. The Morgan fingerprint density at radius 2 is 1.86 bits per heavy atom. The van der Waals surface area contributed by atoms with Crippen LogP contribution in [0.3, 0.4) is 0 Å². The Bertz CT molecular complexity index is 1150. The summed E-state index contributed by atoms with van der Waals surface area (Å²) in [5.41, 5.74) is 1.52. The molecular weight excluding hydrogens is 391 g/mol. The van der Waals surface area contributed by atoms with Crippen LogP contribution in [0, 0.1) is 5.82 Å². The highest BCUT2D eigenvalue weighted by Gasteiger charge is 2.25. The fourth-order valence-corrected chi connectivity index (χ4v) is 4.33. The molecule has 1 aliphatic heterocycles. The number of nitrogens with zero attached hydrogens (tertiary/aromatic N) is 6. The fraction of sp³-hybridized carbons (Fsp3) is 0.200. The van der Waals surface area contributed by atoms with Crippen molar-refractivity contribution < 1.29 is 9.18 Å². The Hall–Kier alpha value is -3.33. The number of rotatable bonds is 3. The number of fused-ring (bicyclic) bond motifs is 1. The number of hydrogen-bond donors (Lipinski definition) is 0. The summed E-state index contributed by atoms with van der Waals surface area (Å²) in [6.07, 6.45) is 3.37. The van der Waals surface area contributed by atoms with E-state index >= 15 is 0 Å². The maximum absolute atomic E-state index is 14.0. The van der Waals surface area contributed by atoms with Crippen molar-refractivity contribution >= 4 is 32.7 Å². The lowest BCUT2D eigenvalue weighted by molar-refractivity contribution is 0.0740. The number of halogens is 1. The molecule has 1 amide bonds. The topological polar surface area (TPSA) is 67.2 Å². The summed E-state index contributed by atoms with van der Waals surface area (Å²) in [7, 11) is 0. The number of aromatic nitrogens is 4. The van der Waals surface area contributed by atoms with Gasteiger partial charge in [-0.15, -0.1) is 0 Å². The summed E-state index contributed by atoms with van der Waals surface area (Å²) in [5, 5.41) is 5.20. The predicted molar refractivity (Wildman–Crippen MR) is 109 cm³/mol. The van der Waals surface area contributed by atoms with Crippen LogP contribution in [0.25, 0.3) is 16.0 Å². The zero-order chi connectivity index (χ0) is 19.8. The van der Waals surface area contributed by atoms with Crippen molar-refractivity contribution in [1.29, 1.82) is 0 Å². The monoisotopic (exact) mass is 408 g/mol. The van der Waals surface area contributed by atoms with E-state index in [4.69, 9.17) is 0 Å². The van der Waals surface area contributed by atoms with E-state index < -0.39 is 0 Å². The van der Waals surface area contributed by atoms with Gasteiger partial charge in [0.15, 0.2) is 10.8 Å². The zero-order valence-corrected chi connectivity index (χ0v) is 16.2. The van der Waals surface area contributed by atoms with Crippen LogP contribution in [0.15, 0.2) is 54.9 Å². The predicted octanol–water partition coefficient (Wildman–Crippen LogP) is 2.98. The average molecular weight is 408 g/mol. The van der Waals surface area contributed by atoms with E-state index in [1.165, 1.54) is 10.7 Å². The molecule has 0 aliphatic carbocycles. The Morgan fingerprint density at radius 1 is 1.03 bits per heavy atom. The number of pyridine rings is 1. The van der Waals surface area contributed by atoms with Crippen LogP contribution in [0.1, 0.15) is 10.5 Å². The molecule has 7 nitrogen and oxygen atoms in total. The van der Waals surface area contributed by atoms with Crippen LogP contribution >= 0.6 is 11.3 Å². The van der Waals surface area contributed by atoms with Gasteiger partial charge in [-0.05, 0) is 30.3 Å². The molecule has 29 heavy (non-hydrogen) atoms. The number of para-hydroxylation sites is 1. The van der Waals surface area contributed by atoms with Gasteiger partial charge in [0.2, 0.25) is 0 Å². The van der Waals surface area contributed by atoms with E-state index in [0.717, 1.165) is 15.5 Å². The van der Waals surface area contributed by atoms with Gasteiger partial charge in [-0.1, -0.05) is 23.5 Å². The van der Waals surface area contributed by atoms with E-state index in [2.05, 4.69) is 20.0 Å². The first-order chi connectivity index (χ1) is 14.2. The van der Waals surface area contributed by atoms with Crippen molar-refractivity contribution in [2.45, 2.75) is 0 Å². The van der Waals surface area contributed by atoms with Crippen molar-refractivity contribution in [1.82, 2.24) is 24.6 Å². The molecule has 0 radical (unpaired) electrons. The van der Waals surface area contributed by atoms with Crippen LogP contribution in [-0.2, 0) is 0 Å². The summed E-state index contributed by atoms with van der Waals surface area (Å²) in [5.74, 6) is -0.528. The maximum Gasteiger partial charge on any atom is 0.274 e. The quantitative estimate of drug-likeness (QED) is 0.521. The minimum Gasteiger partial charge on any atom is -0.344 e. The molecule has 4 heterocycles. The van der Waals surface area contributed by atoms with Crippen LogP contribution in [0.4, 0.5) is 9.52 Å². The van der Waals surface area contributed by atoms with E-state index in [1.54, 1.807) is 52.9 Å². The van der Waals surface area contributed by atoms with E-state index in [-0.39, 0.29) is 11.7 Å². The number of thiazole rings is 1. The number of anilines is 1. The number of piperazine rings is 1. The van der Waals surface area contributed by atoms with Crippen molar-refractivity contribution in [3.63, 3.8) is 0 Å². The third kappa shape index (κ3) is 3.33. The highest BCUT2D eigenvalue weighted by atomic mass is 32.1. The van der Waals surface area contributed by atoms with Crippen LogP contribution in [-0.4, -0.2) is 56.7 Å². The van der Waals surface area contributed by atoms with Crippen LogP contribution in [0.5, 0.6) is 0 Å².